The van der Waals surface area contributed by atoms with Crippen LogP contribution in [0, 0.1) is 23.7 Å². The molecule has 0 aromatic rings. The van der Waals surface area contributed by atoms with Gasteiger partial charge in [-0.15, -0.1) is 0 Å². The number of carbonyl (C=O) groups excluding carboxylic acids is 4. The maximum atomic E-state index is 13.0. The van der Waals surface area contributed by atoms with Crippen LogP contribution in [0.25, 0.3) is 0 Å². The summed E-state index contributed by atoms with van der Waals surface area (Å²) in [6.07, 6.45) is 45.9. The Hall–Kier alpha value is -1.94. The first-order valence-corrected chi connectivity index (χ1v) is 40.7. The molecule has 0 amide bonds. The number of phosphoric ester groups is 2. The van der Waals surface area contributed by atoms with Gasteiger partial charge in [0.1, 0.15) is 19.3 Å². The van der Waals surface area contributed by atoms with E-state index in [9.17, 15) is 43.2 Å². The molecule has 0 rings (SSSR count). The van der Waals surface area contributed by atoms with Gasteiger partial charge >= 0.3 is 39.5 Å². The van der Waals surface area contributed by atoms with Gasteiger partial charge in [0.25, 0.3) is 0 Å². The zero-order valence-electron chi connectivity index (χ0n) is 60.2. The lowest BCUT2D eigenvalue weighted by atomic mass is 9.99. The third-order valence-electron chi connectivity index (χ3n) is 17.2. The zero-order chi connectivity index (χ0) is 68.2. The highest BCUT2D eigenvalue weighted by Gasteiger charge is 2.30. The molecule has 0 spiro atoms. The number of rotatable bonds is 70. The molecule has 0 fully saturated rings. The lowest BCUT2D eigenvalue weighted by molar-refractivity contribution is -0.161. The number of hydrogen-bond acceptors (Lipinski definition) is 15. The van der Waals surface area contributed by atoms with Crippen molar-refractivity contribution in [2.45, 2.75) is 382 Å². The molecular formula is C73H142O17P2. The number of unbranched alkanes of at least 4 members (excludes halogenated alkanes) is 35. The molecule has 92 heavy (non-hydrogen) atoms. The number of carbonyl (C=O) groups is 4. The fraction of sp³-hybridized carbons (Fsp3) is 0.945. The minimum Gasteiger partial charge on any atom is -0.462 e. The van der Waals surface area contributed by atoms with Gasteiger partial charge in [-0.05, 0) is 49.4 Å². The van der Waals surface area contributed by atoms with Gasteiger partial charge in [0.05, 0.1) is 26.4 Å². The summed E-state index contributed by atoms with van der Waals surface area (Å²) >= 11 is 0. The van der Waals surface area contributed by atoms with E-state index in [1.54, 1.807) is 0 Å². The number of aliphatic hydroxyl groups is 1. The van der Waals surface area contributed by atoms with E-state index in [0.717, 1.165) is 114 Å². The van der Waals surface area contributed by atoms with Crippen molar-refractivity contribution in [1.82, 2.24) is 0 Å². The molecule has 19 heteroatoms. The molecule has 0 saturated heterocycles. The number of phosphoric acid groups is 2. The van der Waals surface area contributed by atoms with Gasteiger partial charge in [0.2, 0.25) is 0 Å². The number of hydrogen-bond donors (Lipinski definition) is 3. The van der Waals surface area contributed by atoms with Gasteiger partial charge in [-0.3, -0.25) is 37.3 Å². The average Bonchev–Trinajstić information content (AvgIpc) is 2.96. The van der Waals surface area contributed by atoms with Crippen molar-refractivity contribution in [3.63, 3.8) is 0 Å². The van der Waals surface area contributed by atoms with Crippen LogP contribution in [0.3, 0.4) is 0 Å². The van der Waals surface area contributed by atoms with E-state index in [2.05, 4.69) is 55.4 Å². The molecule has 0 aromatic carbocycles. The second-order valence-electron chi connectivity index (χ2n) is 28.0. The van der Waals surface area contributed by atoms with Crippen LogP contribution in [0.5, 0.6) is 0 Å². The predicted octanol–water partition coefficient (Wildman–Crippen LogP) is 20.9. The van der Waals surface area contributed by atoms with E-state index in [1.165, 1.54) is 161 Å². The fourth-order valence-corrected chi connectivity index (χ4v) is 12.6. The minimum atomic E-state index is -4.95. The van der Waals surface area contributed by atoms with Crippen LogP contribution in [-0.2, 0) is 65.4 Å². The summed E-state index contributed by atoms with van der Waals surface area (Å²) in [5.41, 5.74) is 0. The highest BCUT2D eigenvalue weighted by atomic mass is 31.2. The lowest BCUT2D eigenvalue weighted by Gasteiger charge is -2.21. The Bertz CT molecular complexity index is 1820. The smallest absolute Gasteiger partial charge is 0.462 e. The van der Waals surface area contributed by atoms with Crippen LogP contribution in [0.15, 0.2) is 0 Å². The predicted molar refractivity (Wildman–Crippen MR) is 372 cm³/mol. The van der Waals surface area contributed by atoms with Crippen LogP contribution in [0.2, 0.25) is 0 Å². The molecule has 546 valence electrons. The summed E-state index contributed by atoms with van der Waals surface area (Å²) in [4.78, 5) is 72.6. The lowest BCUT2D eigenvalue weighted by Crippen LogP contribution is -2.30. The minimum absolute atomic E-state index is 0.105. The van der Waals surface area contributed by atoms with Crippen LogP contribution >= 0.6 is 15.6 Å². The van der Waals surface area contributed by atoms with Crippen molar-refractivity contribution in [2.75, 3.05) is 39.6 Å². The second-order valence-corrected chi connectivity index (χ2v) is 30.9. The van der Waals surface area contributed by atoms with Gasteiger partial charge in [-0.2, -0.15) is 0 Å². The summed E-state index contributed by atoms with van der Waals surface area (Å²) in [5, 5.41) is 10.6. The third kappa shape index (κ3) is 65.4. The second kappa shape index (κ2) is 62.6. The van der Waals surface area contributed by atoms with Gasteiger partial charge in [-0.1, -0.05) is 312 Å². The van der Waals surface area contributed by atoms with Crippen LogP contribution in [0.4, 0.5) is 0 Å². The summed E-state index contributed by atoms with van der Waals surface area (Å²) in [6, 6.07) is 0. The highest BCUT2D eigenvalue weighted by molar-refractivity contribution is 7.47. The van der Waals surface area contributed by atoms with Gasteiger partial charge in [0, 0.05) is 25.7 Å². The Morgan fingerprint density at radius 1 is 0.304 bits per heavy atom. The Labute approximate surface area is 562 Å². The monoisotopic (exact) mass is 1350 g/mol. The SMILES string of the molecule is CCC(C)CCCCCCCCCCCCC(=O)O[C@H](COC(=O)CCCCCCCCCCC(C)C)COP(=O)(O)OCC(O)COP(=O)(O)OC[C@@H](COC(=O)CCCCCCCCC(C)C)OC(=O)CCCCCCCCCCCCCCCCCC(C)C. The Kier molecular flexibility index (Phi) is 61.3. The maximum Gasteiger partial charge on any atom is 0.472 e. The van der Waals surface area contributed by atoms with E-state index >= 15 is 0 Å². The van der Waals surface area contributed by atoms with E-state index < -0.39 is 97.5 Å². The first kappa shape index (κ1) is 90.1. The van der Waals surface area contributed by atoms with E-state index in [4.69, 9.17) is 37.0 Å². The Morgan fingerprint density at radius 2 is 0.522 bits per heavy atom. The molecule has 0 heterocycles. The molecular weight excluding hydrogens is 1210 g/mol. The van der Waals surface area contributed by atoms with Crippen molar-refractivity contribution < 1.29 is 80.2 Å². The summed E-state index contributed by atoms with van der Waals surface area (Å²) in [7, 11) is -9.91. The summed E-state index contributed by atoms with van der Waals surface area (Å²) in [5.74, 6) is 0.884. The quantitative estimate of drug-likeness (QED) is 0.0222. The standard InChI is InChI=1S/C73H142O17P2/c1-9-66(8)52-44-36-27-20-17-18-22-30-40-48-56-73(78)89-68(59-83-70(75)53-45-37-28-24-23-26-34-42-50-64(4)5)61-87-91(79,80)85-57-67(74)58-86-92(81,82)88-62-69(60-84-71(76)54-46-38-32-31-35-43-51-65(6)7)90-72(77)55-47-39-29-21-16-14-12-10-11-13-15-19-25-33-41-49-63(2)3/h63-69,74H,9-62H2,1-8H3,(H,79,80)(H,81,82)/t66?,67?,68-,69-/m1/s1. The number of aliphatic hydroxyl groups excluding tert-OH is 1. The first-order valence-electron chi connectivity index (χ1n) is 37.7. The molecule has 0 aromatic heterocycles. The van der Waals surface area contributed by atoms with Crippen molar-refractivity contribution >= 4 is 39.5 Å². The van der Waals surface area contributed by atoms with Crippen molar-refractivity contribution in [3.8, 4) is 0 Å². The van der Waals surface area contributed by atoms with Gasteiger partial charge in [-0.25, -0.2) is 9.13 Å². The molecule has 0 aliphatic heterocycles. The van der Waals surface area contributed by atoms with Gasteiger partial charge < -0.3 is 33.8 Å². The topological polar surface area (TPSA) is 237 Å². The molecule has 0 saturated carbocycles. The zero-order valence-corrected chi connectivity index (χ0v) is 62.0. The molecule has 0 bridgehead atoms. The van der Waals surface area contributed by atoms with E-state index in [-0.39, 0.29) is 25.7 Å². The van der Waals surface area contributed by atoms with E-state index in [0.29, 0.717) is 31.6 Å². The van der Waals surface area contributed by atoms with Crippen molar-refractivity contribution in [1.29, 1.82) is 0 Å². The Balaban J connectivity index is 5.22. The number of ether oxygens (including phenoxy) is 4. The fourth-order valence-electron chi connectivity index (χ4n) is 11.0. The highest BCUT2D eigenvalue weighted by Crippen LogP contribution is 2.45. The largest absolute Gasteiger partial charge is 0.472 e. The average molecular weight is 1350 g/mol. The molecule has 4 unspecified atom stereocenters. The van der Waals surface area contributed by atoms with Crippen molar-refractivity contribution in [2.24, 2.45) is 23.7 Å². The molecule has 0 aliphatic rings. The van der Waals surface area contributed by atoms with Crippen LogP contribution in [-0.4, -0.2) is 96.7 Å². The first-order chi connectivity index (χ1) is 44.1. The molecule has 0 radical (unpaired) electrons. The Morgan fingerprint density at radius 3 is 0.772 bits per heavy atom. The van der Waals surface area contributed by atoms with Crippen LogP contribution < -0.4 is 0 Å². The molecule has 17 nitrogen and oxygen atoms in total. The molecule has 0 aliphatic carbocycles. The number of esters is 4. The van der Waals surface area contributed by atoms with Crippen LogP contribution in [0.1, 0.15) is 364 Å². The molecule has 6 atom stereocenters. The molecule has 3 N–H and O–H groups in total. The van der Waals surface area contributed by atoms with Gasteiger partial charge in [0.15, 0.2) is 12.2 Å². The normalized spacial score (nSPS) is 14.5. The summed E-state index contributed by atoms with van der Waals surface area (Å²) in [6.45, 7) is 14.1. The van der Waals surface area contributed by atoms with E-state index in [1.807, 2.05) is 0 Å². The maximum absolute atomic E-state index is 13.0. The summed E-state index contributed by atoms with van der Waals surface area (Å²) < 4.78 is 68.4. The van der Waals surface area contributed by atoms with Crippen molar-refractivity contribution in [3.05, 3.63) is 0 Å². The third-order valence-corrected chi connectivity index (χ3v) is 19.1.